The molecule has 1 aliphatic heterocycles. The Hall–Kier alpha value is -3.07. The van der Waals surface area contributed by atoms with Crippen molar-refractivity contribution in [1.29, 1.82) is 10.7 Å². The van der Waals surface area contributed by atoms with Crippen LogP contribution in [0, 0.1) is 39.9 Å². The highest BCUT2D eigenvalue weighted by Gasteiger charge is 2.89. The van der Waals surface area contributed by atoms with Gasteiger partial charge >= 0.3 is 0 Å². The summed E-state index contributed by atoms with van der Waals surface area (Å²) in [5.74, 6) is 1.31. The second-order valence-electron chi connectivity index (χ2n) is 7.82. The molecule has 6 nitrogen and oxygen atoms in total. The van der Waals surface area contributed by atoms with E-state index in [0.29, 0.717) is 5.56 Å². The number of guanidine groups is 1. The number of benzene rings is 1. The Kier molecular flexibility index (Phi) is 2.99. The summed E-state index contributed by atoms with van der Waals surface area (Å²) in [5.41, 5.74) is 0.243. The lowest BCUT2D eigenvalue weighted by Crippen LogP contribution is -2.60. The van der Waals surface area contributed by atoms with Gasteiger partial charge in [-0.3, -0.25) is 15.1 Å². The third-order valence-electron chi connectivity index (χ3n) is 6.97. The van der Waals surface area contributed by atoms with E-state index in [1.165, 1.54) is 4.90 Å². The minimum absolute atomic E-state index is 0.00923. The van der Waals surface area contributed by atoms with Crippen LogP contribution >= 0.6 is 0 Å². The summed E-state index contributed by atoms with van der Waals surface area (Å²) in [7, 11) is 3.32. The number of ether oxygens (including phenoxy) is 1. The van der Waals surface area contributed by atoms with Gasteiger partial charge in [0.25, 0.3) is 0 Å². The van der Waals surface area contributed by atoms with E-state index < -0.39 is 11.0 Å². The van der Waals surface area contributed by atoms with E-state index in [1.54, 1.807) is 20.2 Å². The van der Waals surface area contributed by atoms with E-state index >= 15 is 0 Å². The summed E-state index contributed by atoms with van der Waals surface area (Å²) < 4.78 is 5.38. The fraction of sp³-hybridized carbons (Fsp3) is 0.381. The second-order valence-corrected chi connectivity index (χ2v) is 7.82. The molecule has 6 heteroatoms. The van der Waals surface area contributed by atoms with Crippen LogP contribution in [0.2, 0.25) is 0 Å². The molecule has 4 aliphatic rings. The molecular weight excluding hydrogens is 340 g/mol. The molecule has 1 heterocycles. The standard InChI is InChI=1S/C21H20N4O2/c1-25-18(26)20-16-7-6-15(27-2)9-13(16)10-17(20)21(20,24-19(25)23)14-5-3-4-12(8-14)11-22/h3-9,13,16-17H,10H2,1-2H3,(H2,23,24)/t13?,16?,17-,20-,21-/m0/s1. The molecule has 5 rings (SSSR count). The molecule has 2 N–H and O–H groups in total. The Balaban J connectivity index is 1.68. The van der Waals surface area contributed by atoms with Crippen LogP contribution in [-0.2, 0) is 15.1 Å². The number of hydrogen-bond acceptors (Lipinski definition) is 4. The van der Waals surface area contributed by atoms with Crippen molar-refractivity contribution >= 4 is 11.9 Å². The lowest BCUT2D eigenvalue weighted by atomic mass is 9.72. The summed E-state index contributed by atoms with van der Waals surface area (Å²) in [6.45, 7) is 0. The molecule has 1 aromatic rings. The lowest BCUT2D eigenvalue weighted by molar-refractivity contribution is -0.136. The first-order valence-electron chi connectivity index (χ1n) is 9.10. The Morgan fingerprint density at radius 3 is 3.00 bits per heavy atom. The zero-order valence-electron chi connectivity index (χ0n) is 15.2. The monoisotopic (exact) mass is 360 g/mol. The van der Waals surface area contributed by atoms with E-state index in [4.69, 9.17) is 10.1 Å². The third kappa shape index (κ3) is 1.65. The van der Waals surface area contributed by atoms with Gasteiger partial charge in [-0.25, -0.2) is 0 Å². The predicted octanol–water partition coefficient (Wildman–Crippen LogP) is 2.10. The maximum Gasteiger partial charge on any atom is 0.238 e. The topological polar surface area (TPSA) is 89.2 Å². The van der Waals surface area contributed by atoms with Crippen molar-refractivity contribution in [1.82, 2.24) is 10.2 Å². The molecule has 136 valence electrons. The first-order chi connectivity index (χ1) is 13.0. The molecule has 5 atom stereocenters. The van der Waals surface area contributed by atoms with Gasteiger partial charge in [0.15, 0.2) is 5.96 Å². The molecule has 3 fully saturated rings. The van der Waals surface area contributed by atoms with Gasteiger partial charge < -0.3 is 10.1 Å². The third-order valence-corrected chi connectivity index (χ3v) is 6.97. The SMILES string of the molecule is COC1=CC2C[C@H]3[C@]4(C(=O)N(C)C(=N)N[C@@]34c3cccc(C#N)c3)C2C=C1. The number of hydrogen-bond donors (Lipinski definition) is 2. The lowest BCUT2D eigenvalue weighted by Gasteiger charge is -2.42. The van der Waals surface area contributed by atoms with Gasteiger partial charge in [0, 0.05) is 18.9 Å². The number of rotatable bonds is 2. The Labute approximate surface area is 157 Å². The van der Waals surface area contributed by atoms with Gasteiger partial charge in [0.2, 0.25) is 5.91 Å². The average Bonchev–Trinajstić information content (AvgIpc) is 3.12. The largest absolute Gasteiger partial charge is 0.497 e. The fourth-order valence-corrected chi connectivity index (χ4v) is 5.90. The molecule has 1 aromatic carbocycles. The van der Waals surface area contributed by atoms with Crippen LogP contribution in [0.15, 0.2) is 48.3 Å². The average molecular weight is 360 g/mol. The smallest absolute Gasteiger partial charge is 0.238 e. The zero-order valence-corrected chi connectivity index (χ0v) is 15.2. The normalized spacial score (nSPS) is 38.2. The van der Waals surface area contributed by atoms with Crippen LogP contribution < -0.4 is 5.32 Å². The molecule has 27 heavy (non-hydrogen) atoms. The van der Waals surface area contributed by atoms with Crippen LogP contribution in [0.25, 0.3) is 0 Å². The number of fused-ring (bicyclic) bond motifs is 2. The first kappa shape index (κ1) is 16.1. The van der Waals surface area contributed by atoms with Crippen molar-refractivity contribution in [3.63, 3.8) is 0 Å². The van der Waals surface area contributed by atoms with Crippen molar-refractivity contribution in [2.24, 2.45) is 23.2 Å². The van der Waals surface area contributed by atoms with Crippen molar-refractivity contribution in [3.8, 4) is 6.07 Å². The minimum atomic E-state index is -0.628. The number of nitriles is 1. The zero-order chi connectivity index (χ0) is 19.0. The summed E-state index contributed by atoms with van der Waals surface area (Å²) in [4.78, 5) is 14.9. The molecule has 0 bridgehead atoms. The maximum absolute atomic E-state index is 13.5. The van der Waals surface area contributed by atoms with Gasteiger partial charge in [0.05, 0.1) is 29.7 Å². The second kappa shape index (κ2) is 5.01. The molecule has 3 aliphatic carbocycles. The number of carbonyl (C=O) groups excluding carboxylic acids is 1. The van der Waals surface area contributed by atoms with Gasteiger partial charge in [-0.1, -0.05) is 18.2 Å². The quantitative estimate of drug-likeness (QED) is 0.845. The molecule has 2 saturated carbocycles. The number of amides is 1. The van der Waals surface area contributed by atoms with E-state index in [9.17, 15) is 10.1 Å². The number of allylic oxidation sites excluding steroid dienone is 3. The predicted molar refractivity (Wildman–Crippen MR) is 98.2 cm³/mol. The summed E-state index contributed by atoms with van der Waals surface area (Å²) in [6, 6.07) is 9.64. The van der Waals surface area contributed by atoms with Crippen molar-refractivity contribution in [2.75, 3.05) is 14.2 Å². The van der Waals surface area contributed by atoms with Crippen LogP contribution in [0.1, 0.15) is 17.5 Å². The van der Waals surface area contributed by atoms with E-state index in [1.807, 2.05) is 24.3 Å². The van der Waals surface area contributed by atoms with Gasteiger partial charge in [-0.15, -0.1) is 0 Å². The van der Waals surface area contributed by atoms with Crippen LogP contribution in [-0.4, -0.2) is 30.9 Å². The number of methoxy groups -OCH3 is 1. The molecule has 1 spiro atoms. The van der Waals surface area contributed by atoms with Gasteiger partial charge in [-0.2, -0.15) is 5.26 Å². The minimum Gasteiger partial charge on any atom is -0.497 e. The molecular formula is C21H20N4O2. The summed E-state index contributed by atoms with van der Waals surface area (Å²) in [5, 5.41) is 21.0. The number of nitrogens with one attached hydrogen (secondary N) is 2. The number of carbonyl (C=O) groups is 1. The first-order valence-corrected chi connectivity index (χ1v) is 9.10. The van der Waals surface area contributed by atoms with Crippen LogP contribution in [0.4, 0.5) is 0 Å². The fourth-order valence-electron chi connectivity index (χ4n) is 5.90. The highest BCUT2D eigenvalue weighted by molar-refractivity contribution is 6.06. The Morgan fingerprint density at radius 2 is 2.26 bits per heavy atom. The Bertz CT molecular complexity index is 990. The molecule has 1 amide bonds. The van der Waals surface area contributed by atoms with Crippen LogP contribution in [0.5, 0.6) is 0 Å². The van der Waals surface area contributed by atoms with Crippen molar-refractivity contribution in [3.05, 3.63) is 59.4 Å². The maximum atomic E-state index is 13.5. The van der Waals surface area contributed by atoms with Gasteiger partial charge in [0.1, 0.15) is 5.76 Å². The van der Waals surface area contributed by atoms with E-state index in [0.717, 1.165) is 17.7 Å². The van der Waals surface area contributed by atoms with Crippen LogP contribution in [0.3, 0.4) is 0 Å². The summed E-state index contributed by atoms with van der Waals surface area (Å²) >= 11 is 0. The van der Waals surface area contributed by atoms with Crippen molar-refractivity contribution < 1.29 is 9.53 Å². The van der Waals surface area contributed by atoms with Crippen molar-refractivity contribution in [2.45, 2.75) is 12.0 Å². The van der Waals surface area contributed by atoms with Gasteiger partial charge in [-0.05, 0) is 42.2 Å². The molecule has 1 saturated heterocycles. The molecule has 2 unspecified atom stereocenters. The molecule has 0 aromatic heterocycles. The Morgan fingerprint density at radius 1 is 1.44 bits per heavy atom. The molecule has 0 radical (unpaired) electrons. The number of nitrogens with zero attached hydrogens (tertiary/aromatic N) is 2. The van der Waals surface area contributed by atoms with E-state index in [-0.39, 0.29) is 29.6 Å². The summed E-state index contributed by atoms with van der Waals surface area (Å²) in [6.07, 6.45) is 7.01. The van der Waals surface area contributed by atoms with E-state index in [2.05, 4.69) is 23.5 Å². The highest BCUT2D eigenvalue weighted by atomic mass is 16.5. The highest BCUT2D eigenvalue weighted by Crippen LogP contribution is 2.81.